The Bertz CT molecular complexity index is 551. The smallest absolute Gasteiger partial charge is 0.240 e. The Labute approximate surface area is 101 Å². The lowest BCUT2D eigenvalue weighted by Crippen LogP contribution is -2.30. The van der Waals surface area contributed by atoms with Crippen LogP contribution in [-0.2, 0) is 21.4 Å². The second-order valence-electron chi connectivity index (χ2n) is 4.45. The molecule has 0 radical (unpaired) electrons. The van der Waals surface area contributed by atoms with Crippen molar-refractivity contribution in [2.75, 3.05) is 5.75 Å². The van der Waals surface area contributed by atoms with E-state index in [0.29, 0.717) is 0 Å². The van der Waals surface area contributed by atoms with E-state index < -0.39 is 15.9 Å². The van der Waals surface area contributed by atoms with Crippen molar-refractivity contribution in [2.45, 2.75) is 20.4 Å². The van der Waals surface area contributed by atoms with Crippen molar-refractivity contribution in [3.8, 4) is 0 Å². The Kier molecular flexibility index (Phi) is 2.95. The number of hydrogen-bond donors (Lipinski definition) is 0. The standard InChI is InChI=1S/C12H15NO3S/c1-9-5-3-4-6-11(9)7-13-12(14)10(2)8-17(13,15)16/h3-6,10H,7-8H2,1-2H3. The minimum atomic E-state index is -3.42. The number of amides is 1. The van der Waals surface area contributed by atoms with E-state index in [2.05, 4.69) is 0 Å². The number of rotatable bonds is 2. The number of benzene rings is 1. The zero-order valence-corrected chi connectivity index (χ0v) is 10.7. The van der Waals surface area contributed by atoms with Gasteiger partial charge >= 0.3 is 0 Å². The summed E-state index contributed by atoms with van der Waals surface area (Å²) in [7, 11) is -3.42. The predicted octanol–water partition coefficient (Wildman–Crippen LogP) is 1.30. The van der Waals surface area contributed by atoms with Crippen molar-refractivity contribution in [3.05, 3.63) is 35.4 Å². The van der Waals surface area contributed by atoms with Gasteiger partial charge in [-0.05, 0) is 18.1 Å². The lowest BCUT2D eigenvalue weighted by Gasteiger charge is -2.16. The van der Waals surface area contributed by atoms with Crippen molar-refractivity contribution >= 4 is 15.9 Å². The fourth-order valence-corrected chi connectivity index (χ4v) is 3.72. The quantitative estimate of drug-likeness (QED) is 0.798. The van der Waals surface area contributed by atoms with Crippen LogP contribution in [-0.4, -0.2) is 24.4 Å². The number of aryl methyl sites for hydroxylation is 1. The summed E-state index contributed by atoms with van der Waals surface area (Å²) >= 11 is 0. The van der Waals surface area contributed by atoms with Crippen molar-refractivity contribution in [1.82, 2.24) is 4.31 Å². The molecule has 1 fully saturated rings. The lowest BCUT2D eigenvalue weighted by molar-refractivity contribution is -0.128. The number of carbonyl (C=O) groups is 1. The van der Waals surface area contributed by atoms with Crippen LogP contribution in [0, 0.1) is 12.8 Å². The molecule has 1 aliphatic heterocycles. The number of carbonyl (C=O) groups excluding carboxylic acids is 1. The van der Waals surface area contributed by atoms with E-state index in [1.54, 1.807) is 6.92 Å². The van der Waals surface area contributed by atoms with E-state index in [1.165, 1.54) is 0 Å². The maximum atomic E-state index is 11.8. The fraction of sp³-hybridized carbons (Fsp3) is 0.417. The van der Waals surface area contributed by atoms with Gasteiger partial charge in [-0.2, -0.15) is 0 Å². The van der Waals surface area contributed by atoms with Crippen LogP contribution in [0.15, 0.2) is 24.3 Å². The Hall–Kier alpha value is -1.36. The molecule has 1 amide bonds. The third-order valence-corrected chi connectivity index (χ3v) is 4.94. The Morgan fingerprint density at radius 2 is 2.00 bits per heavy atom. The number of hydrogen-bond acceptors (Lipinski definition) is 3. The number of sulfonamides is 1. The summed E-state index contributed by atoms with van der Waals surface area (Å²) < 4.78 is 24.6. The van der Waals surface area contributed by atoms with Crippen LogP contribution >= 0.6 is 0 Å². The van der Waals surface area contributed by atoms with Crippen LogP contribution in [0.25, 0.3) is 0 Å². The summed E-state index contributed by atoms with van der Waals surface area (Å²) in [5.74, 6) is -0.796. The highest BCUT2D eigenvalue weighted by Gasteiger charge is 2.40. The molecule has 0 spiro atoms. The largest absolute Gasteiger partial charge is 0.273 e. The molecular weight excluding hydrogens is 238 g/mol. The first-order chi connectivity index (χ1) is 7.92. The molecule has 1 atom stereocenters. The summed E-state index contributed by atoms with van der Waals surface area (Å²) in [5.41, 5.74) is 1.87. The molecule has 5 heteroatoms. The van der Waals surface area contributed by atoms with E-state index in [-0.39, 0.29) is 18.2 Å². The predicted molar refractivity (Wildman–Crippen MR) is 64.7 cm³/mol. The van der Waals surface area contributed by atoms with E-state index >= 15 is 0 Å². The van der Waals surface area contributed by atoms with Crippen molar-refractivity contribution in [2.24, 2.45) is 5.92 Å². The average molecular weight is 253 g/mol. The van der Waals surface area contributed by atoms with Gasteiger partial charge in [0.15, 0.2) is 0 Å². The summed E-state index contributed by atoms with van der Waals surface area (Å²) in [6.45, 7) is 3.71. The van der Waals surface area contributed by atoms with Gasteiger partial charge in [0.05, 0.1) is 18.2 Å². The first kappa shape index (κ1) is 12.1. The van der Waals surface area contributed by atoms with Crippen molar-refractivity contribution in [1.29, 1.82) is 0 Å². The molecule has 1 saturated heterocycles. The highest BCUT2D eigenvalue weighted by Crippen LogP contribution is 2.24. The van der Waals surface area contributed by atoms with Gasteiger partial charge in [-0.25, -0.2) is 12.7 Å². The van der Waals surface area contributed by atoms with Crippen molar-refractivity contribution in [3.63, 3.8) is 0 Å². The van der Waals surface area contributed by atoms with Gasteiger partial charge in [-0.1, -0.05) is 31.2 Å². The zero-order chi connectivity index (χ0) is 12.6. The average Bonchev–Trinajstić information content (AvgIpc) is 2.43. The van der Waals surface area contributed by atoms with Crippen LogP contribution in [0.1, 0.15) is 18.1 Å². The topological polar surface area (TPSA) is 54.5 Å². The molecule has 1 unspecified atom stereocenters. The van der Waals surface area contributed by atoms with Crippen LogP contribution in [0.5, 0.6) is 0 Å². The van der Waals surface area contributed by atoms with Gasteiger partial charge in [0, 0.05) is 0 Å². The van der Waals surface area contributed by atoms with Crippen LogP contribution in [0.4, 0.5) is 0 Å². The van der Waals surface area contributed by atoms with E-state index in [0.717, 1.165) is 15.4 Å². The monoisotopic (exact) mass is 253 g/mol. The first-order valence-corrected chi connectivity index (χ1v) is 7.11. The molecule has 1 aromatic carbocycles. The van der Waals surface area contributed by atoms with Gasteiger partial charge in [0.25, 0.3) is 0 Å². The molecule has 4 nitrogen and oxygen atoms in total. The molecular formula is C12H15NO3S. The Morgan fingerprint density at radius 3 is 2.53 bits per heavy atom. The third kappa shape index (κ3) is 2.20. The van der Waals surface area contributed by atoms with Gasteiger partial charge in [0.2, 0.25) is 15.9 Å². The Morgan fingerprint density at radius 1 is 1.35 bits per heavy atom. The van der Waals surface area contributed by atoms with E-state index in [1.807, 2.05) is 31.2 Å². The van der Waals surface area contributed by atoms with Crippen molar-refractivity contribution < 1.29 is 13.2 Å². The molecule has 1 aromatic rings. The van der Waals surface area contributed by atoms with Crippen LogP contribution in [0.2, 0.25) is 0 Å². The Balaban J connectivity index is 2.31. The SMILES string of the molecule is Cc1ccccc1CN1C(=O)C(C)CS1(=O)=O. The zero-order valence-electron chi connectivity index (χ0n) is 9.88. The second kappa shape index (κ2) is 4.14. The maximum absolute atomic E-state index is 11.8. The summed E-state index contributed by atoms with van der Waals surface area (Å²) in [6.07, 6.45) is 0. The van der Waals surface area contributed by atoms with Gasteiger partial charge in [-0.15, -0.1) is 0 Å². The summed E-state index contributed by atoms with van der Waals surface area (Å²) in [6, 6.07) is 7.49. The summed E-state index contributed by atoms with van der Waals surface area (Å²) in [4.78, 5) is 11.8. The molecule has 1 heterocycles. The van der Waals surface area contributed by atoms with E-state index in [9.17, 15) is 13.2 Å². The van der Waals surface area contributed by atoms with Crippen LogP contribution in [0.3, 0.4) is 0 Å². The minimum absolute atomic E-state index is 0.0717. The normalized spacial score (nSPS) is 23.1. The third-order valence-electron chi connectivity index (χ3n) is 3.04. The van der Waals surface area contributed by atoms with Gasteiger partial charge in [-0.3, -0.25) is 4.79 Å². The molecule has 92 valence electrons. The molecule has 0 aromatic heterocycles. The van der Waals surface area contributed by atoms with E-state index in [4.69, 9.17) is 0 Å². The molecule has 0 N–H and O–H groups in total. The molecule has 0 bridgehead atoms. The summed E-state index contributed by atoms with van der Waals surface area (Å²) in [5, 5.41) is 0. The minimum Gasteiger partial charge on any atom is -0.273 e. The lowest BCUT2D eigenvalue weighted by atomic mass is 10.1. The van der Waals surface area contributed by atoms with Gasteiger partial charge in [0.1, 0.15) is 0 Å². The van der Waals surface area contributed by atoms with Gasteiger partial charge < -0.3 is 0 Å². The number of nitrogens with zero attached hydrogens (tertiary/aromatic N) is 1. The first-order valence-electron chi connectivity index (χ1n) is 5.50. The molecule has 0 aliphatic carbocycles. The molecule has 1 aliphatic rings. The maximum Gasteiger partial charge on any atom is 0.240 e. The fourth-order valence-electron chi connectivity index (χ4n) is 1.98. The van der Waals surface area contributed by atoms with Crippen LogP contribution < -0.4 is 0 Å². The second-order valence-corrected chi connectivity index (χ2v) is 6.39. The highest BCUT2D eigenvalue weighted by atomic mass is 32.2. The molecule has 0 saturated carbocycles. The highest BCUT2D eigenvalue weighted by molar-refractivity contribution is 7.90. The molecule has 2 rings (SSSR count). The molecule has 17 heavy (non-hydrogen) atoms.